The van der Waals surface area contributed by atoms with Crippen molar-refractivity contribution in [1.29, 1.82) is 0 Å². The first-order valence-electron chi connectivity index (χ1n) is 6.98. The second kappa shape index (κ2) is 7.97. The topological polar surface area (TPSA) is 55.5 Å². The molecule has 0 bridgehead atoms. The van der Waals surface area contributed by atoms with E-state index in [1.807, 2.05) is 43.3 Å². The standard InChI is InChI=1S/C16H25NO2/c1-3-9-16(18,4-2)10-8-14-6-5-7-15(13-14)19-12-11-17/h5-8,10,13,18H,3-4,9,11-12,17H2,1-2H3. The van der Waals surface area contributed by atoms with Gasteiger partial charge in [-0.2, -0.15) is 0 Å². The van der Waals surface area contributed by atoms with Gasteiger partial charge in [0.2, 0.25) is 0 Å². The van der Waals surface area contributed by atoms with Gasteiger partial charge in [0.1, 0.15) is 12.4 Å². The molecule has 1 unspecified atom stereocenters. The second-order valence-electron chi connectivity index (χ2n) is 4.75. The highest BCUT2D eigenvalue weighted by molar-refractivity contribution is 5.52. The fourth-order valence-corrected chi connectivity index (χ4v) is 1.95. The summed E-state index contributed by atoms with van der Waals surface area (Å²) in [6, 6.07) is 7.80. The predicted molar refractivity (Wildman–Crippen MR) is 80.2 cm³/mol. The van der Waals surface area contributed by atoms with E-state index in [1.54, 1.807) is 0 Å². The van der Waals surface area contributed by atoms with Gasteiger partial charge in [-0.05, 0) is 30.5 Å². The van der Waals surface area contributed by atoms with Gasteiger partial charge in [-0.3, -0.25) is 0 Å². The molecule has 106 valence electrons. The normalized spacial score (nSPS) is 14.5. The molecule has 3 N–H and O–H groups in total. The number of ether oxygens (including phenoxy) is 1. The number of hydrogen-bond donors (Lipinski definition) is 2. The molecule has 0 amide bonds. The highest BCUT2D eigenvalue weighted by atomic mass is 16.5. The van der Waals surface area contributed by atoms with Crippen LogP contribution in [0.3, 0.4) is 0 Å². The van der Waals surface area contributed by atoms with Crippen LogP contribution in [0, 0.1) is 0 Å². The minimum atomic E-state index is -0.705. The van der Waals surface area contributed by atoms with Crippen molar-refractivity contribution in [3.8, 4) is 5.75 Å². The van der Waals surface area contributed by atoms with Crippen LogP contribution in [0.1, 0.15) is 38.7 Å². The van der Waals surface area contributed by atoms with Crippen LogP contribution in [0.15, 0.2) is 30.3 Å². The van der Waals surface area contributed by atoms with Crippen LogP contribution in [-0.4, -0.2) is 23.9 Å². The molecule has 3 heteroatoms. The zero-order valence-electron chi connectivity index (χ0n) is 11.9. The summed E-state index contributed by atoms with van der Waals surface area (Å²) in [4.78, 5) is 0. The van der Waals surface area contributed by atoms with E-state index in [2.05, 4.69) is 6.92 Å². The van der Waals surface area contributed by atoms with Gasteiger partial charge in [-0.25, -0.2) is 0 Å². The summed E-state index contributed by atoms with van der Waals surface area (Å²) in [6.45, 7) is 5.10. The van der Waals surface area contributed by atoms with Crippen LogP contribution >= 0.6 is 0 Å². The molecule has 3 nitrogen and oxygen atoms in total. The summed E-state index contributed by atoms with van der Waals surface area (Å²) in [7, 11) is 0. The summed E-state index contributed by atoms with van der Waals surface area (Å²) in [5.74, 6) is 0.808. The van der Waals surface area contributed by atoms with Crippen LogP contribution in [0.5, 0.6) is 5.75 Å². The van der Waals surface area contributed by atoms with Crippen molar-refractivity contribution in [2.45, 2.75) is 38.7 Å². The van der Waals surface area contributed by atoms with Crippen molar-refractivity contribution in [3.05, 3.63) is 35.9 Å². The molecule has 1 atom stereocenters. The fraction of sp³-hybridized carbons (Fsp3) is 0.500. The molecule has 0 aliphatic heterocycles. The van der Waals surface area contributed by atoms with E-state index in [0.717, 1.165) is 30.6 Å². The van der Waals surface area contributed by atoms with Crippen LogP contribution < -0.4 is 10.5 Å². The maximum absolute atomic E-state index is 10.4. The van der Waals surface area contributed by atoms with Crippen LogP contribution in [0.4, 0.5) is 0 Å². The van der Waals surface area contributed by atoms with E-state index in [1.165, 1.54) is 0 Å². The third kappa shape index (κ3) is 5.45. The molecule has 1 rings (SSSR count). The first-order chi connectivity index (χ1) is 9.13. The minimum absolute atomic E-state index is 0.506. The summed E-state index contributed by atoms with van der Waals surface area (Å²) in [5.41, 5.74) is 5.73. The Hall–Kier alpha value is -1.32. The maximum Gasteiger partial charge on any atom is 0.119 e. The smallest absolute Gasteiger partial charge is 0.119 e. The Morgan fingerprint density at radius 1 is 1.37 bits per heavy atom. The van der Waals surface area contributed by atoms with Crippen LogP contribution in [0.25, 0.3) is 6.08 Å². The molecule has 0 aliphatic carbocycles. The van der Waals surface area contributed by atoms with E-state index >= 15 is 0 Å². The fourth-order valence-electron chi connectivity index (χ4n) is 1.95. The summed E-state index contributed by atoms with van der Waals surface area (Å²) in [5, 5.41) is 10.4. The summed E-state index contributed by atoms with van der Waals surface area (Å²) >= 11 is 0. The third-order valence-electron chi connectivity index (χ3n) is 3.13. The molecule has 19 heavy (non-hydrogen) atoms. The zero-order chi connectivity index (χ0) is 14.1. The number of hydrogen-bond acceptors (Lipinski definition) is 3. The van der Waals surface area contributed by atoms with Crippen molar-refractivity contribution in [1.82, 2.24) is 0 Å². The van der Waals surface area contributed by atoms with E-state index in [9.17, 15) is 5.11 Å². The number of aliphatic hydroxyl groups is 1. The van der Waals surface area contributed by atoms with Gasteiger partial charge in [0.25, 0.3) is 0 Å². The largest absolute Gasteiger partial charge is 0.492 e. The van der Waals surface area contributed by atoms with E-state index in [-0.39, 0.29) is 0 Å². The zero-order valence-corrected chi connectivity index (χ0v) is 11.9. The Balaban J connectivity index is 2.75. The molecular formula is C16H25NO2. The molecule has 0 aliphatic rings. The average molecular weight is 263 g/mol. The number of nitrogens with two attached hydrogens (primary N) is 1. The minimum Gasteiger partial charge on any atom is -0.492 e. The monoisotopic (exact) mass is 263 g/mol. The molecular weight excluding hydrogens is 238 g/mol. The lowest BCUT2D eigenvalue weighted by Crippen LogP contribution is -2.23. The Kier molecular flexibility index (Phi) is 6.60. The second-order valence-corrected chi connectivity index (χ2v) is 4.75. The highest BCUT2D eigenvalue weighted by Gasteiger charge is 2.18. The van der Waals surface area contributed by atoms with Gasteiger partial charge in [-0.15, -0.1) is 0 Å². The molecule has 1 aromatic rings. The van der Waals surface area contributed by atoms with Gasteiger partial charge in [-0.1, -0.05) is 44.6 Å². The Morgan fingerprint density at radius 2 is 2.16 bits per heavy atom. The van der Waals surface area contributed by atoms with Gasteiger partial charge in [0.05, 0.1) is 5.60 Å². The summed E-state index contributed by atoms with van der Waals surface area (Å²) < 4.78 is 5.48. The van der Waals surface area contributed by atoms with Crippen molar-refractivity contribution in [2.75, 3.05) is 13.2 Å². The molecule has 0 saturated carbocycles. The Labute approximate surface area is 116 Å². The SMILES string of the molecule is CCCC(O)(C=Cc1cccc(OCCN)c1)CC. The summed E-state index contributed by atoms with van der Waals surface area (Å²) in [6.07, 6.45) is 6.31. The maximum atomic E-state index is 10.4. The van der Waals surface area contributed by atoms with Gasteiger partial charge >= 0.3 is 0 Å². The van der Waals surface area contributed by atoms with Crippen LogP contribution in [0.2, 0.25) is 0 Å². The third-order valence-corrected chi connectivity index (χ3v) is 3.13. The average Bonchev–Trinajstić information content (AvgIpc) is 2.44. The van der Waals surface area contributed by atoms with Crippen molar-refractivity contribution < 1.29 is 9.84 Å². The first kappa shape index (κ1) is 15.7. The van der Waals surface area contributed by atoms with Crippen molar-refractivity contribution >= 4 is 6.08 Å². The van der Waals surface area contributed by atoms with E-state index < -0.39 is 5.60 Å². The lowest BCUT2D eigenvalue weighted by molar-refractivity contribution is 0.0775. The Morgan fingerprint density at radius 3 is 2.79 bits per heavy atom. The lowest BCUT2D eigenvalue weighted by Gasteiger charge is -2.21. The lowest BCUT2D eigenvalue weighted by atomic mass is 9.94. The molecule has 0 saturated heterocycles. The van der Waals surface area contributed by atoms with E-state index in [4.69, 9.17) is 10.5 Å². The molecule has 0 heterocycles. The van der Waals surface area contributed by atoms with Crippen molar-refractivity contribution in [2.24, 2.45) is 5.73 Å². The number of rotatable bonds is 8. The highest BCUT2D eigenvalue weighted by Crippen LogP contribution is 2.21. The molecule has 0 fully saturated rings. The van der Waals surface area contributed by atoms with Gasteiger partial charge in [0.15, 0.2) is 0 Å². The predicted octanol–water partition coefficient (Wildman–Crippen LogP) is 2.98. The van der Waals surface area contributed by atoms with Crippen LogP contribution in [-0.2, 0) is 0 Å². The molecule has 1 aromatic carbocycles. The molecule has 0 spiro atoms. The van der Waals surface area contributed by atoms with Gasteiger partial charge < -0.3 is 15.6 Å². The first-order valence-corrected chi connectivity index (χ1v) is 6.98. The van der Waals surface area contributed by atoms with Crippen molar-refractivity contribution in [3.63, 3.8) is 0 Å². The molecule has 0 radical (unpaired) electrons. The quantitative estimate of drug-likeness (QED) is 0.758. The molecule has 0 aromatic heterocycles. The van der Waals surface area contributed by atoms with E-state index in [0.29, 0.717) is 13.2 Å². The Bertz CT molecular complexity index is 403. The number of benzene rings is 1. The van der Waals surface area contributed by atoms with Gasteiger partial charge in [0, 0.05) is 6.54 Å².